The van der Waals surface area contributed by atoms with Gasteiger partial charge in [-0.1, -0.05) is 24.3 Å². The Labute approximate surface area is 360 Å². The molecule has 12 heteroatoms. The Morgan fingerprint density at radius 1 is 0.536 bits per heavy atom. The Morgan fingerprint density at radius 2 is 0.839 bits per heavy atom. The number of methoxy groups -OCH3 is 2. The Morgan fingerprint density at radius 3 is 1.09 bits per heavy atom. The van der Waals surface area contributed by atoms with E-state index < -0.39 is 49.2 Å². The molecule has 0 spiro atoms. The fourth-order valence-electron chi connectivity index (χ4n) is 5.54. The van der Waals surface area contributed by atoms with Gasteiger partial charge in [0.2, 0.25) is 0 Å². The van der Waals surface area contributed by atoms with E-state index in [-0.39, 0.29) is 55.1 Å². The summed E-state index contributed by atoms with van der Waals surface area (Å²) in [6.07, 6.45) is 7.11. The van der Waals surface area contributed by atoms with Crippen molar-refractivity contribution in [1.29, 1.82) is 0 Å². The molecule has 0 aliphatic carbocycles. The first-order chi connectivity index (χ1) is 27.0. The van der Waals surface area contributed by atoms with Crippen LogP contribution in [0.2, 0.25) is 17.7 Å². The third-order valence-electron chi connectivity index (χ3n) is 9.37. The molecule has 0 unspecified atom stereocenters. The largest absolute Gasteiger partial charge is 0.497 e. The second-order valence-corrected chi connectivity index (χ2v) is 22.9. The number of rotatable bonds is 20. The second kappa shape index (κ2) is 34.1. The van der Waals surface area contributed by atoms with Crippen molar-refractivity contribution >= 4 is 42.3 Å². The van der Waals surface area contributed by atoms with Crippen molar-refractivity contribution in [2.45, 2.75) is 186 Å². The van der Waals surface area contributed by atoms with Crippen LogP contribution in [0.3, 0.4) is 0 Å². The third-order valence-corrected chi connectivity index (χ3v) is 17.4. The van der Waals surface area contributed by atoms with Gasteiger partial charge in [-0.2, -0.15) is 0 Å². The van der Waals surface area contributed by atoms with Gasteiger partial charge in [-0.05, 0) is 49.2 Å². The number of hydrogen-bond acceptors (Lipinski definition) is 10. The van der Waals surface area contributed by atoms with Crippen molar-refractivity contribution in [2.75, 3.05) is 14.2 Å². The van der Waals surface area contributed by atoms with Crippen LogP contribution in [-0.4, -0.2) is 126 Å². The SMILES string of the molecule is CCC[CH2][Sn][CH2]CCC.CCC[CH2][Sn][CH2]CCC.COc1ccc(CO[C@@H]2C[C@H](O)[C@@H](O)[C@H](C)O2)cc1.COc1ccc(CO[C@@H]2C[C@H](O)[C@@H](O)[C@H](C)O2)cc1. The summed E-state index contributed by atoms with van der Waals surface area (Å²) in [5.74, 6) is 1.59. The zero-order valence-corrected chi connectivity index (χ0v) is 41.5. The number of unbranched alkanes of at least 4 members (excludes halogenated alkanes) is 4. The Bertz CT molecular complexity index is 1050. The van der Waals surface area contributed by atoms with Gasteiger partial charge in [-0.15, -0.1) is 0 Å². The summed E-state index contributed by atoms with van der Waals surface area (Å²) in [5, 5.41) is 38.4. The number of ether oxygens (including phenoxy) is 6. The molecule has 4 rings (SSSR count). The molecular weight excluding hydrogens is 926 g/mol. The standard InChI is InChI=1S/2C14H20O5.4C4H9.2Sn/c2*1-9-14(16)12(15)7-13(19-9)18-8-10-3-5-11(17-2)6-4-10;4*1-3-4-2;;/h2*3-6,9,12-16H,7-8H2,1-2H3;4*1,3-4H2,2H3;;/t2*9-,12-,13-,14-;;;;;;/m00....../s1. The third kappa shape index (κ3) is 24.4. The van der Waals surface area contributed by atoms with Crippen LogP contribution in [0.4, 0.5) is 0 Å². The number of aliphatic hydroxyl groups is 4. The van der Waals surface area contributed by atoms with Gasteiger partial charge in [-0.25, -0.2) is 0 Å². The molecule has 320 valence electrons. The van der Waals surface area contributed by atoms with Crippen LogP contribution >= 0.6 is 0 Å². The molecule has 2 aromatic carbocycles. The molecule has 0 aromatic heterocycles. The van der Waals surface area contributed by atoms with Gasteiger partial charge in [0.25, 0.3) is 0 Å². The van der Waals surface area contributed by atoms with E-state index in [1.807, 2.05) is 48.5 Å². The van der Waals surface area contributed by atoms with E-state index in [1.165, 1.54) is 51.4 Å². The number of hydrogen-bond donors (Lipinski definition) is 4. The fourth-order valence-corrected chi connectivity index (χ4v) is 13.9. The monoisotopic (exact) mass is 1000 g/mol. The van der Waals surface area contributed by atoms with Crippen LogP contribution in [0.1, 0.15) is 117 Å². The molecule has 0 bridgehead atoms. The normalized spacial score (nSPS) is 24.4. The first-order valence-corrected chi connectivity index (χ1v) is 29.0. The van der Waals surface area contributed by atoms with Crippen molar-refractivity contribution in [1.82, 2.24) is 0 Å². The van der Waals surface area contributed by atoms with E-state index in [0.717, 1.165) is 22.6 Å². The molecule has 2 aliphatic heterocycles. The van der Waals surface area contributed by atoms with Crippen molar-refractivity contribution in [3.63, 3.8) is 0 Å². The molecule has 8 atom stereocenters. The summed E-state index contributed by atoms with van der Waals surface area (Å²) < 4.78 is 38.8. The minimum atomic E-state index is -0.846. The van der Waals surface area contributed by atoms with E-state index in [1.54, 1.807) is 45.8 Å². The predicted molar refractivity (Wildman–Crippen MR) is 228 cm³/mol. The van der Waals surface area contributed by atoms with Gasteiger partial charge in [-0.3, -0.25) is 0 Å². The molecule has 10 nitrogen and oxygen atoms in total. The molecule has 2 fully saturated rings. The van der Waals surface area contributed by atoms with E-state index in [4.69, 9.17) is 28.4 Å². The molecule has 4 radical (unpaired) electrons. The molecular formula is C44H76O10Sn2. The fraction of sp³-hybridized carbons (Fsp3) is 0.727. The summed E-state index contributed by atoms with van der Waals surface area (Å²) in [7, 11) is 3.24. The molecule has 2 aliphatic rings. The molecule has 2 saturated heterocycles. The van der Waals surface area contributed by atoms with Crippen LogP contribution in [0, 0.1) is 0 Å². The van der Waals surface area contributed by atoms with Crippen LogP contribution in [0.5, 0.6) is 11.5 Å². The Hall–Kier alpha value is -0.683. The molecule has 0 saturated carbocycles. The average Bonchev–Trinajstić information content (AvgIpc) is 3.21. The molecule has 0 amide bonds. The first kappa shape index (κ1) is 53.3. The summed E-state index contributed by atoms with van der Waals surface area (Å²) in [6, 6.07) is 15.1. The van der Waals surface area contributed by atoms with Gasteiger partial charge >= 0.3 is 139 Å². The predicted octanol–water partition coefficient (Wildman–Crippen LogP) is 8.39. The van der Waals surface area contributed by atoms with E-state index in [0.29, 0.717) is 13.2 Å². The minimum absolute atomic E-state index is 0.149. The van der Waals surface area contributed by atoms with Crippen molar-refractivity contribution in [3.8, 4) is 11.5 Å². The summed E-state index contributed by atoms with van der Waals surface area (Å²) in [4.78, 5) is 0. The smallest absolute Gasteiger partial charge is 0.161 e. The first-order valence-electron chi connectivity index (χ1n) is 21.0. The summed E-state index contributed by atoms with van der Waals surface area (Å²) >= 11 is 0.299. The van der Waals surface area contributed by atoms with Gasteiger partial charge in [0, 0.05) is 12.8 Å². The summed E-state index contributed by atoms with van der Waals surface area (Å²) in [6.45, 7) is 13.4. The molecule has 56 heavy (non-hydrogen) atoms. The van der Waals surface area contributed by atoms with E-state index >= 15 is 0 Å². The average molecular weight is 1000 g/mol. The maximum absolute atomic E-state index is 9.66. The van der Waals surface area contributed by atoms with Gasteiger partial charge < -0.3 is 48.8 Å². The maximum Gasteiger partial charge on any atom is 0.161 e. The molecule has 4 N–H and O–H groups in total. The number of aliphatic hydroxyl groups excluding tert-OH is 4. The second-order valence-electron chi connectivity index (χ2n) is 14.4. The van der Waals surface area contributed by atoms with E-state index in [9.17, 15) is 20.4 Å². The van der Waals surface area contributed by atoms with Gasteiger partial charge in [0.15, 0.2) is 12.6 Å². The minimum Gasteiger partial charge on any atom is -0.497 e. The van der Waals surface area contributed by atoms with Crippen molar-refractivity contribution < 1.29 is 48.8 Å². The number of benzene rings is 2. The maximum atomic E-state index is 9.66. The topological polar surface area (TPSA) is 136 Å². The van der Waals surface area contributed by atoms with Gasteiger partial charge in [0.05, 0.1) is 51.8 Å². The van der Waals surface area contributed by atoms with Gasteiger partial charge in [0.1, 0.15) is 23.7 Å². The van der Waals surface area contributed by atoms with E-state index in [2.05, 4.69) is 27.7 Å². The Kier molecular flexibility index (Phi) is 32.5. The molecule has 2 aromatic rings. The Balaban J connectivity index is 0.000000398. The van der Waals surface area contributed by atoms with Crippen LogP contribution in [0.25, 0.3) is 0 Å². The van der Waals surface area contributed by atoms with Crippen LogP contribution < -0.4 is 9.47 Å². The van der Waals surface area contributed by atoms with Crippen molar-refractivity contribution in [2.24, 2.45) is 0 Å². The zero-order chi connectivity index (χ0) is 41.6. The zero-order valence-electron chi connectivity index (χ0n) is 35.8. The summed E-state index contributed by atoms with van der Waals surface area (Å²) in [5.41, 5.74) is 2.00. The van der Waals surface area contributed by atoms with Crippen molar-refractivity contribution in [3.05, 3.63) is 59.7 Å². The quantitative estimate of drug-likeness (QED) is 0.0757. The van der Waals surface area contributed by atoms with Crippen LogP contribution in [-0.2, 0) is 32.2 Å². The van der Waals surface area contributed by atoms with Crippen LogP contribution in [0.15, 0.2) is 48.5 Å². The molecule has 2 heterocycles.